The summed E-state index contributed by atoms with van der Waals surface area (Å²) in [6, 6.07) is 9.28. The summed E-state index contributed by atoms with van der Waals surface area (Å²) < 4.78 is 14.2. The maximum atomic E-state index is 13.6. The second-order valence-electron chi connectivity index (χ2n) is 3.31. The van der Waals surface area contributed by atoms with Crippen LogP contribution in [0.25, 0.3) is 0 Å². The molecular formula is C12H9BrFNS. The molecule has 0 spiro atoms. The molecule has 0 saturated heterocycles. The maximum Gasteiger partial charge on any atom is 0.156 e. The Morgan fingerprint density at radius 1 is 1.31 bits per heavy atom. The second-order valence-corrected chi connectivity index (χ2v) is 5.25. The number of hydrogen-bond donors (Lipinski definition) is 0. The van der Waals surface area contributed by atoms with Gasteiger partial charge in [-0.1, -0.05) is 30.0 Å². The Morgan fingerprint density at radius 3 is 2.75 bits per heavy atom. The van der Waals surface area contributed by atoms with E-state index in [0.717, 1.165) is 10.5 Å². The highest BCUT2D eigenvalue weighted by Gasteiger charge is 2.07. The standard InChI is InChI=1S/C12H9BrFNS/c1-8-4-2-3-5-11(8)16-12-10(14)6-9(13)7-15-12/h2-7H,1H3. The summed E-state index contributed by atoms with van der Waals surface area (Å²) in [5.41, 5.74) is 1.12. The van der Waals surface area contributed by atoms with Crippen LogP contribution in [0.2, 0.25) is 0 Å². The summed E-state index contributed by atoms with van der Waals surface area (Å²) in [5, 5.41) is 0.400. The number of aryl methyl sites for hydroxylation is 1. The average Bonchev–Trinajstić information content (AvgIpc) is 2.25. The van der Waals surface area contributed by atoms with E-state index >= 15 is 0 Å². The van der Waals surface area contributed by atoms with E-state index in [1.54, 1.807) is 6.20 Å². The van der Waals surface area contributed by atoms with Gasteiger partial charge in [0.2, 0.25) is 0 Å². The number of halogens is 2. The number of hydrogen-bond acceptors (Lipinski definition) is 2. The molecule has 2 rings (SSSR count). The predicted molar refractivity (Wildman–Crippen MR) is 67.2 cm³/mol. The van der Waals surface area contributed by atoms with Gasteiger partial charge >= 0.3 is 0 Å². The molecule has 0 radical (unpaired) electrons. The molecule has 0 N–H and O–H groups in total. The zero-order valence-electron chi connectivity index (χ0n) is 8.58. The summed E-state index contributed by atoms with van der Waals surface area (Å²) in [6.07, 6.45) is 1.60. The van der Waals surface area contributed by atoms with Crippen molar-refractivity contribution >= 4 is 27.7 Å². The molecule has 1 aromatic carbocycles. The van der Waals surface area contributed by atoms with Crippen molar-refractivity contribution in [3.63, 3.8) is 0 Å². The molecular weight excluding hydrogens is 289 g/mol. The first kappa shape index (κ1) is 11.6. The van der Waals surface area contributed by atoms with Crippen molar-refractivity contribution < 1.29 is 4.39 Å². The lowest BCUT2D eigenvalue weighted by Gasteiger charge is -2.05. The molecule has 0 atom stereocenters. The molecule has 0 aliphatic heterocycles. The summed E-state index contributed by atoms with van der Waals surface area (Å²) in [4.78, 5) is 5.08. The van der Waals surface area contributed by atoms with Crippen molar-refractivity contribution in [1.29, 1.82) is 0 Å². The Bertz CT molecular complexity index is 516. The lowest BCUT2D eigenvalue weighted by Crippen LogP contribution is -1.87. The summed E-state index contributed by atoms with van der Waals surface area (Å²) in [5.74, 6) is -0.303. The van der Waals surface area contributed by atoms with Crippen molar-refractivity contribution in [2.75, 3.05) is 0 Å². The monoisotopic (exact) mass is 297 g/mol. The molecule has 1 heterocycles. The molecule has 0 saturated carbocycles. The van der Waals surface area contributed by atoms with E-state index in [-0.39, 0.29) is 5.82 Å². The van der Waals surface area contributed by atoms with Crippen LogP contribution in [-0.2, 0) is 0 Å². The van der Waals surface area contributed by atoms with Gasteiger partial charge in [0.1, 0.15) is 5.03 Å². The van der Waals surface area contributed by atoms with Crippen LogP contribution in [0, 0.1) is 12.7 Å². The number of benzene rings is 1. The van der Waals surface area contributed by atoms with E-state index in [4.69, 9.17) is 0 Å². The fraction of sp³-hybridized carbons (Fsp3) is 0.0833. The highest BCUT2D eigenvalue weighted by molar-refractivity contribution is 9.10. The van der Waals surface area contributed by atoms with Crippen LogP contribution < -0.4 is 0 Å². The van der Waals surface area contributed by atoms with Gasteiger partial charge in [-0.05, 0) is 40.5 Å². The Hall–Kier alpha value is -0.870. The van der Waals surface area contributed by atoms with Gasteiger partial charge in [0.15, 0.2) is 5.82 Å². The Morgan fingerprint density at radius 2 is 2.06 bits per heavy atom. The third-order valence-corrected chi connectivity index (χ3v) is 3.68. The van der Waals surface area contributed by atoms with Gasteiger partial charge in [-0.15, -0.1) is 0 Å². The lowest BCUT2D eigenvalue weighted by molar-refractivity contribution is 0.586. The van der Waals surface area contributed by atoms with Crippen molar-refractivity contribution in [2.24, 2.45) is 0 Å². The highest BCUT2D eigenvalue weighted by atomic mass is 79.9. The second kappa shape index (κ2) is 4.97. The van der Waals surface area contributed by atoms with Crippen molar-refractivity contribution in [3.8, 4) is 0 Å². The van der Waals surface area contributed by atoms with E-state index in [1.807, 2.05) is 31.2 Å². The van der Waals surface area contributed by atoms with Gasteiger partial charge < -0.3 is 0 Å². The van der Waals surface area contributed by atoms with Gasteiger partial charge in [-0.3, -0.25) is 0 Å². The van der Waals surface area contributed by atoms with Crippen LogP contribution in [0.5, 0.6) is 0 Å². The zero-order valence-corrected chi connectivity index (χ0v) is 11.0. The molecule has 1 aromatic heterocycles. The third kappa shape index (κ3) is 2.62. The van der Waals surface area contributed by atoms with Crippen LogP contribution in [-0.4, -0.2) is 4.98 Å². The van der Waals surface area contributed by atoms with Gasteiger partial charge in [0.25, 0.3) is 0 Å². The van der Waals surface area contributed by atoms with Crippen LogP contribution in [0.1, 0.15) is 5.56 Å². The largest absolute Gasteiger partial charge is 0.245 e. The molecule has 0 unspecified atom stereocenters. The fourth-order valence-electron chi connectivity index (χ4n) is 1.25. The van der Waals surface area contributed by atoms with Gasteiger partial charge in [-0.25, -0.2) is 9.37 Å². The van der Waals surface area contributed by atoms with E-state index in [0.29, 0.717) is 9.50 Å². The first-order chi connectivity index (χ1) is 7.66. The molecule has 2 aromatic rings. The molecule has 4 heteroatoms. The van der Waals surface area contributed by atoms with Gasteiger partial charge in [-0.2, -0.15) is 0 Å². The number of aromatic nitrogens is 1. The molecule has 0 bridgehead atoms. The molecule has 0 aliphatic carbocycles. The summed E-state index contributed by atoms with van der Waals surface area (Å²) in [6.45, 7) is 2.00. The lowest BCUT2D eigenvalue weighted by atomic mass is 10.2. The van der Waals surface area contributed by atoms with E-state index in [1.165, 1.54) is 17.8 Å². The van der Waals surface area contributed by atoms with Crippen molar-refractivity contribution in [2.45, 2.75) is 16.8 Å². The average molecular weight is 298 g/mol. The maximum absolute atomic E-state index is 13.6. The summed E-state index contributed by atoms with van der Waals surface area (Å²) in [7, 11) is 0. The fourth-order valence-corrected chi connectivity index (χ4v) is 2.40. The van der Waals surface area contributed by atoms with Gasteiger partial charge in [0.05, 0.1) is 0 Å². The van der Waals surface area contributed by atoms with Gasteiger partial charge in [0, 0.05) is 15.6 Å². The first-order valence-electron chi connectivity index (χ1n) is 4.71. The molecule has 0 fully saturated rings. The predicted octanol–water partition coefficient (Wildman–Crippen LogP) is 4.44. The molecule has 16 heavy (non-hydrogen) atoms. The Kier molecular flexibility index (Phi) is 3.61. The number of rotatable bonds is 2. The van der Waals surface area contributed by atoms with E-state index < -0.39 is 0 Å². The number of nitrogens with zero attached hydrogens (tertiary/aromatic N) is 1. The smallest absolute Gasteiger partial charge is 0.156 e. The first-order valence-corrected chi connectivity index (χ1v) is 6.32. The quantitative estimate of drug-likeness (QED) is 0.813. The minimum Gasteiger partial charge on any atom is -0.245 e. The van der Waals surface area contributed by atoms with Crippen molar-refractivity contribution in [3.05, 3.63) is 52.4 Å². The Balaban J connectivity index is 2.31. The normalized spacial score (nSPS) is 10.4. The van der Waals surface area contributed by atoms with Crippen LogP contribution in [0.15, 0.2) is 50.9 Å². The van der Waals surface area contributed by atoms with Crippen LogP contribution in [0.4, 0.5) is 4.39 Å². The topological polar surface area (TPSA) is 12.9 Å². The number of pyridine rings is 1. The van der Waals surface area contributed by atoms with E-state index in [9.17, 15) is 4.39 Å². The van der Waals surface area contributed by atoms with E-state index in [2.05, 4.69) is 20.9 Å². The minimum atomic E-state index is -0.303. The highest BCUT2D eigenvalue weighted by Crippen LogP contribution is 2.31. The van der Waals surface area contributed by atoms with Crippen LogP contribution in [0.3, 0.4) is 0 Å². The SMILES string of the molecule is Cc1ccccc1Sc1ncc(Br)cc1F. The van der Waals surface area contributed by atoms with Crippen LogP contribution >= 0.6 is 27.7 Å². The zero-order chi connectivity index (χ0) is 11.5. The third-order valence-electron chi connectivity index (χ3n) is 2.07. The van der Waals surface area contributed by atoms with Crippen molar-refractivity contribution in [1.82, 2.24) is 4.98 Å². The molecule has 1 nitrogen and oxygen atoms in total. The Labute approximate surface area is 106 Å². The molecule has 82 valence electrons. The molecule has 0 aliphatic rings. The molecule has 0 amide bonds. The minimum absolute atomic E-state index is 0.303. The summed E-state index contributed by atoms with van der Waals surface area (Å²) >= 11 is 4.53.